The van der Waals surface area contributed by atoms with Crippen molar-refractivity contribution in [2.75, 3.05) is 0 Å². The zero-order valence-corrected chi connectivity index (χ0v) is 19.8. The average molecular weight is 409 g/mol. The fourth-order valence-corrected chi connectivity index (χ4v) is 3.68. The molecule has 170 valence electrons. The first-order chi connectivity index (χ1) is 14.0. The number of aliphatic carboxylic acids is 1. The monoisotopic (exact) mass is 408 g/mol. The largest absolute Gasteiger partial charge is 0.550 e. The van der Waals surface area contributed by atoms with E-state index in [2.05, 4.69) is 48.6 Å². The summed E-state index contributed by atoms with van der Waals surface area (Å²) in [6, 6.07) is 0. The third-order valence-corrected chi connectivity index (χ3v) is 5.53. The summed E-state index contributed by atoms with van der Waals surface area (Å²) in [4.78, 5) is 8.89. The first kappa shape index (κ1) is 27.7. The Morgan fingerprint density at radius 1 is 0.897 bits per heavy atom. The van der Waals surface area contributed by atoms with Gasteiger partial charge in [0.15, 0.2) is 0 Å². The van der Waals surface area contributed by atoms with Gasteiger partial charge in [-0.3, -0.25) is 0 Å². The summed E-state index contributed by atoms with van der Waals surface area (Å²) in [6.07, 6.45) is 26.4. The maximum atomic E-state index is 8.89. The second-order valence-electron chi connectivity index (χ2n) is 8.44. The molecule has 0 N–H and O–H groups in total. The van der Waals surface area contributed by atoms with Gasteiger partial charge in [-0.05, 0) is 38.5 Å². The number of unbranched alkanes of at least 4 members (excludes halogenated alkanes) is 10. The van der Waals surface area contributed by atoms with E-state index >= 15 is 0 Å². The van der Waals surface area contributed by atoms with Crippen molar-refractivity contribution in [2.45, 2.75) is 131 Å². The molecule has 1 aromatic heterocycles. The maximum absolute atomic E-state index is 8.89. The zero-order chi connectivity index (χ0) is 21.7. The van der Waals surface area contributed by atoms with Gasteiger partial charge in [-0.2, -0.15) is 0 Å². The van der Waals surface area contributed by atoms with Gasteiger partial charge in [0, 0.05) is 5.97 Å². The molecule has 1 aromatic rings. The predicted molar refractivity (Wildman–Crippen MR) is 120 cm³/mol. The lowest BCUT2D eigenvalue weighted by Gasteiger charge is -2.11. The van der Waals surface area contributed by atoms with Gasteiger partial charge in [0.2, 0.25) is 6.33 Å². The Hall–Kier alpha value is -1.32. The van der Waals surface area contributed by atoms with E-state index < -0.39 is 5.97 Å². The van der Waals surface area contributed by atoms with Gasteiger partial charge in [0.25, 0.3) is 0 Å². The fourth-order valence-electron chi connectivity index (χ4n) is 3.68. The predicted octanol–water partition coefficient (Wildman–Crippen LogP) is 5.67. The van der Waals surface area contributed by atoms with Crippen LogP contribution < -0.4 is 9.67 Å². The summed E-state index contributed by atoms with van der Waals surface area (Å²) < 4.78 is 4.79. The highest BCUT2D eigenvalue weighted by Gasteiger charge is 2.11. The van der Waals surface area contributed by atoms with Crippen LogP contribution in [-0.4, -0.2) is 10.5 Å². The number of aryl methyl sites for hydroxylation is 1. The molecule has 4 heteroatoms. The second kappa shape index (κ2) is 20.0. The molecule has 29 heavy (non-hydrogen) atoms. The summed E-state index contributed by atoms with van der Waals surface area (Å²) in [5.41, 5.74) is 0. The molecule has 1 rings (SSSR count). The number of aromatic nitrogens is 2. The minimum atomic E-state index is -1.08. The van der Waals surface area contributed by atoms with E-state index in [9.17, 15) is 0 Å². The fraction of sp³-hybridized carbons (Fsp3) is 0.840. The van der Waals surface area contributed by atoms with Gasteiger partial charge < -0.3 is 9.90 Å². The average Bonchev–Trinajstić information content (AvgIpc) is 3.13. The first-order valence-corrected chi connectivity index (χ1v) is 12.3. The normalized spacial score (nSPS) is 11.7. The van der Waals surface area contributed by atoms with Crippen LogP contribution in [0.15, 0.2) is 18.7 Å². The van der Waals surface area contributed by atoms with Crippen LogP contribution in [0.3, 0.4) is 0 Å². The van der Waals surface area contributed by atoms with E-state index in [0.717, 1.165) is 12.8 Å². The van der Waals surface area contributed by atoms with Crippen molar-refractivity contribution in [2.24, 2.45) is 5.92 Å². The molecule has 0 aromatic carbocycles. The van der Waals surface area contributed by atoms with Crippen LogP contribution in [0.5, 0.6) is 0 Å². The third kappa shape index (κ3) is 18.4. The smallest absolute Gasteiger partial charge is 0.243 e. The second-order valence-corrected chi connectivity index (χ2v) is 8.44. The number of hydrogen-bond acceptors (Lipinski definition) is 2. The van der Waals surface area contributed by atoms with Gasteiger partial charge >= 0.3 is 0 Å². The quantitative estimate of drug-likeness (QED) is 0.246. The highest BCUT2D eigenvalue weighted by atomic mass is 16.4. The lowest BCUT2D eigenvalue weighted by atomic mass is 9.99. The molecule has 0 radical (unpaired) electrons. The minimum Gasteiger partial charge on any atom is -0.550 e. The van der Waals surface area contributed by atoms with E-state index in [-0.39, 0.29) is 0 Å². The number of imidazole rings is 1. The molecule has 1 atom stereocenters. The lowest BCUT2D eigenvalue weighted by Crippen LogP contribution is -2.31. The lowest BCUT2D eigenvalue weighted by molar-refractivity contribution is -0.697. The SMILES string of the molecule is CC(=O)[O-].CCCCCCCCCCCC[n+]1ccn(CC(CC)CCCC)c1. The number of carboxylic acid groups (broad SMARTS) is 1. The number of carbonyl (C=O) groups excluding carboxylic acids is 1. The summed E-state index contributed by atoms with van der Waals surface area (Å²) in [6.45, 7) is 10.3. The summed E-state index contributed by atoms with van der Waals surface area (Å²) in [7, 11) is 0. The molecule has 0 bridgehead atoms. The molecule has 0 amide bonds. The topological polar surface area (TPSA) is 48.9 Å². The molecule has 4 nitrogen and oxygen atoms in total. The standard InChI is InChI=1S/C23H45N2.C2H4O2/c1-4-7-9-10-11-12-13-14-15-16-18-24-19-20-25(22-24)21-23(6-3)17-8-5-2;1-2(3)4/h19-20,22-23H,4-18,21H2,1-3H3;1H3,(H,3,4)/q+1;/p-1. The van der Waals surface area contributed by atoms with E-state index in [1.165, 1.54) is 103 Å². The molecule has 0 spiro atoms. The molecule has 0 aliphatic heterocycles. The van der Waals surface area contributed by atoms with Gasteiger partial charge in [-0.15, -0.1) is 0 Å². The van der Waals surface area contributed by atoms with Crippen molar-refractivity contribution < 1.29 is 14.5 Å². The highest BCUT2D eigenvalue weighted by Crippen LogP contribution is 2.14. The molecule has 0 saturated heterocycles. The maximum Gasteiger partial charge on any atom is 0.243 e. The Kier molecular flexibility index (Phi) is 19.1. The summed E-state index contributed by atoms with van der Waals surface area (Å²) >= 11 is 0. The number of rotatable bonds is 17. The van der Waals surface area contributed by atoms with Crippen molar-refractivity contribution >= 4 is 5.97 Å². The zero-order valence-electron chi connectivity index (χ0n) is 19.8. The van der Waals surface area contributed by atoms with Gasteiger partial charge in [-0.1, -0.05) is 85.0 Å². The number of carboxylic acids is 1. The molecule has 0 aliphatic rings. The van der Waals surface area contributed by atoms with Crippen LogP contribution in [0.1, 0.15) is 118 Å². The number of hydrogen-bond donors (Lipinski definition) is 0. The Balaban J connectivity index is 0.00000178. The van der Waals surface area contributed by atoms with Crippen LogP contribution in [0.2, 0.25) is 0 Å². The number of carbonyl (C=O) groups is 1. The van der Waals surface area contributed by atoms with Crippen LogP contribution in [0, 0.1) is 5.92 Å². The molecular weight excluding hydrogens is 360 g/mol. The Bertz CT molecular complexity index is 481. The minimum absolute atomic E-state index is 0.845. The number of nitrogens with zero attached hydrogens (tertiary/aromatic N) is 2. The Morgan fingerprint density at radius 2 is 1.41 bits per heavy atom. The first-order valence-electron chi connectivity index (χ1n) is 12.3. The van der Waals surface area contributed by atoms with E-state index in [1.807, 2.05) is 0 Å². The van der Waals surface area contributed by atoms with Crippen LogP contribution in [0.4, 0.5) is 0 Å². The van der Waals surface area contributed by atoms with E-state index in [1.54, 1.807) is 0 Å². The van der Waals surface area contributed by atoms with E-state index in [0.29, 0.717) is 0 Å². The van der Waals surface area contributed by atoms with Crippen molar-refractivity contribution in [1.29, 1.82) is 0 Å². The van der Waals surface area contributed by atoms with Crippen molar-refractivity contribution in [3.8, 4) is 0 Å². The van der Waals surface area contributed by atoms with Crippen LogP contribution >= 0.6 is 0 Å². The third-order valence-electron chi connectivity index (χ3n) is 5.53. The molecule has 1 heterocycles. The van der Waals surface area contributed by atoms with Crippen molar-refractivity contribution in [3.05, 3.63) is 18.7 Å². The summed E-state index contributed by atoms with van der Waals surface area (Å²) in [5, 5.41) is 8.89. The molecule has 0 fully saturated rings. The van der Waals surface area contributed by atoms with Crippen LogP contribution in [0.25, 0.3) is 0 Å². The highest BCUT2D eigenvalue weighted by molar-refractivity contribution is 5.60. The summed E-state index contributed by atoms with van der Waals surface area (Å²) in [5.74, 6) is -0.238. The van der Waals surface area contributed by atoms with Crippen LogP contribution in [-0.2, 0) is 17.9 Å². The molecular formula is C25H48N2O2. The van der Waals surface area contributed by atoms with Gasteiger partial charge in [0.1, 0.15) is 12.4 Å². The van der Waals surface area contributed by atoms with Gasteiger partial charge in [0.05, 0.1) is 13.1 Å². The van der Waals surface area contributed by atoms with Crippen molar-refractivity contribution in [3.63, 3.8) is 0 Å². The van der Waals surface area contributed by atoms with Crippen molar-refractivity contribution in [1.82, 2.24) is 4.57 Å². The molecule has 1 unspecified atom stereocenters. The van der Waals surface area contributed by atoms with Gasteiger partial charge in [-0.25, -0.2) is 9.13 Å². The molecule has 0 aliphatic carbocycles. The Morgan fingerprint density at radius 3 is 1.93 bits per heavy atom. The Labute approximate surface area is 180 Å². The molecule has 0 saturated carbocycles. The van der Waals surface area contributed by atoms with E-state index in [4.69, 9.17) is 9.90 Å².